The minimum atomic E-state index is -1.13. The van der Waals surface area contributed by atoms with Gasteiger partial charge in [-0.2, -0.15) is 0 Å². The zero-order valence-corrected chi connectivity index (χ0v) is 10.7. The van der Waals surface area contributed by atoms with Crippen molar-refractivity contribution in [1.82, 2.24) is 0 Å². The van der Waals surface area contributed by atoms with Crippen molar-refractivity contribution in [2.45, 2.75) is 13.0 Å². The zero-order valence-electron chi connectivity index (χ0n) is 10.7. The van der Waals surface area contributed by atoms with Crippen LogP contribution in [0.4, 0.5) is 8.78 Å². The molecule has 19 heavy (non-hydrogen) atoms. The molecule has 2 nitrogen and oxygen atoms in total. The number of halogens is 2. The molecule has 0 heterocycles. The van der Waals surface area contributed by atoms with Crippen LogP contribution in [-0.2, 0) is 0 Å². The number of hydrogen-bond donors (Lipinski definition) is 1. The molecule has 4 heteroatoms. The Balaban J connectivity index is 2.41. The molecule has 0 aliphatic heterocycles. The maximum atomic E-state index is 13.6. The van der Waals surface area contributed by atoms with E-state index in [1.54, 1.807) is 32.2 Å². The van der Waals surface area contributed by atoms with E-state index in [1.807, 2.05) is 0 Å². The van der Waals surface area contributed by atoms with Crippen LogP contribution in [0.5, 0.6) is 5.75 Å². The summed E-state index contributed by atoms with van der Waals surface area (Å²) in [6.45, 7) is 1.79. The molecule has 0 aromatic heterocycles. The molecular formula is C15H14F2O2. The fraction of sp³-hybridized carbons (Fsp3) is 0.200. The van der Waals surface area contributed by atoms with Crippen LogP contribution in [-0.4, -0.2) is 12.2 Å². The Morgan fingerprint density at radius 1 is 1.05 bits per heavy atom. The summed E-state index contributed by atoms with van der Waals surface area (Å²) in [6, 6.07) is 8.24. The normalized spacial score (nSPS) is 12.3. The van der Waals surface area contributed by atoms with Gasteiger partial charge in [0.05, 0.1) is 7.11 Å². The molecule has 0 bridgehead atoms. The third-order valence-electron chi connectivity index (χ3n) is 3.03. The molecule has 0 amide bonds. The highest BCUT2D eigenvalue weighted by Gasteiger charge is 2.17. The van der Waals surface area contributed by atoms with E-state index in [1.165, 1.54) is 6.07 Å². The molecule has 0 aliphatic carbocycles. The minimum absolute atomic E-state index is 0.0506. The first-order chi connectivity index (χ1) is 9.02. The van der Waals surface area contributed by atoms with Gasteiger partial charge in [0.15, 0.2) is 0 Å². The van der Waals surface area contributed by atoms with Crippen LogP contribution in [0.15, 0.2) is 36.4 Å². The number of aliphatic hydroxyl groups excluding tert-OH is 1. The summed E-state index contributed by atoms with van der Waals surface area (Å²) in [5.74, 6) is -0.768. The van der Waals surface area contributed by atoms with Gasteiger partial charge in [-0.15, -0.1) is 0 Å². The van der Waals surface area contributed by atoms with Crippen LogP contribution in [0.25, 0.3) is 0 Å². The Morgan fingerprint density at radius 2 is 1.74 bits per heavy atom. The number of aliphatic hydroxyl groups is 1. The average molecular weight is 264 g/mol. The maximum absolute atomic E-state index is 13.6. The lowest BCUT2D eigenvalue weighted by Gasteiger charge is -2.15. The highest BCUT2D eigenvalue weighted by atomic mass is 19.1. The van der Waals surface area contributed by atoms with Gasteiger partial charge in [-0.25, -0.2) is 8.78 Å². The quantitative estimate of drug-likeness (QED) is 0.921. The van der Waals surface area contributed by atoms with Gasteiger partial charge < -0.3 is 9.84 Å². The van der Waals surface area contributed by atoms with Gasteiger partial charge in [0.1, 0.15) is 23.5 Å². The molecule has 2 rings (SSSR count). The standard InChI is InChI=1S/C15H14F2O2/c1-9-7-11(19-2)4-6-12(9)15(18)13-5-3-10(16)8-14(13)17/h3-8,15,18H,1-2H3. The Labute approximate surface area is 110 Å². The molecule has 2 aromatic rings. The number of ether oxygens (including phenoxy) is 1. The van der Waals surface area contributed by atoms with Crippen molar-refractivity contribution in [1.29, 1.82) is 0 Å². The van der Waals surface area contributed by atoms with Crippen LogP contribution in [0.1, 0.15) is 22.8 Å². The minimum Gasteiger partial charge on any atom is -0.497 e. The topological polar surface area (TPSA) is 29.5 Å². The van der Waals surface area contributed by atoms with E-state index >= 15 is 0 Å². The Kier molecular flexibility index (Phi) is 3.81. The second-order valence-corrected chi connectivity index (χ2v) is 4.29. The van der Waals surface area contributed by atoms with Crippen molar-refractivity contribution in [3.63, 3.8) is 0 Å². The molecule has 0 saturated carbocycles. The van der Waals surface area contributed by atoms with Gasteiger partial charge in [-0.1, -0.05) is 12.1 Å². The van der Waals surface area contributed by atoms with Crippen LogP contribution >= 0.6 is 0 Å². The van der Waals surface area contributed by atoms with Gasteiger partial charge in [-0.3, -0.25) is 0 Å². The number of rotatable bonds is 3. The monoisotopic (exact) mass is 264 g/mol. The summed E-state index contributed by atoms with van der Waals surface area (Å²) in [7, 11) is 1.55. The first-order valence-electron chi connectivity index (χ1n) is 5.80. The smallest absolute Gasteiger partial charge is 0.132 e. The molecule has 1 unspecified atom stereocenters. The van der Waals surface area contributed by atoms with E-state index < -0.39 is 17.7 Å². The fourth-order valence-corrected chi connectivity index (χ4v) is 1.97. The Hall–Kier alpha value is -1.94. The largest absolute Gasteiger partial charge is 0.497 e. The molecule has 0 fully saturated rings. The van der Waals surface area contributed by atoms with Crippen molar-refractivity contribution in [3.8, 4) is 5.75 Å². The molecule has 0 saturated heterocycles. The Morgan fingerprint density at radius 3 is 2.32 bits per heavy atom. The van der Waals surface area contributed by atoms with Crippen LogP contribution in [0.3, 0.4) is 0 Å². The number of aryl methyl sites for hydroxylation is 1. The Bertz CT molecular complexity index is 597. The molecule has 2 aromatic carbocycles. The van der Waals surface area contributed by atoms with E-state index in [4.69, 9.17) is 4.74 Å². The number of benzene rings is 2. The van der Waals surface area contributed by atoms with E-state index in [9.17, 15) is 13.9 Å². The first-order valence-corrected chi connectivity index (χ1v) is 5.80. The first kappa shape index (κ1) is 13.5. The van der Waals surface area contributed by atoms with Crippen molar-refractivity contribution < 1.29 is 18.6 Å². The van der Waals surface area contributed by atoms with Gasteiger partial charge in [0.25, 0.3) is 0 Å². The van der Waals surface area contributed by atoms with E-state index in [0.717, 1.165) is 17.7 Å². The molecular weight excluding hydrogens is 250 g/mol. The lowest BCUT2D eigenvalue weighted by atomic mass is 9.97. The van der Waals surface area contributed by atoms with Gasteiger partial charge in [-0.05, 0) is 36.2 Å². The van der Waals surface area contributed by atoms with Crippen molar-refractivity contribution >= 4 is 0 Å². The third-order valence-corrected chi connectivity index (χ3v) is 3.03. The predicted molar refractivity (Wildman–Crippen MR) is 68.2 cm³/mol. The van der Waals surface area contributed by atoms with Crippen molar-refractivity contribution in [2.75, 3.05) is 7.11 Å². The highest BCUT2D eigenvalue weighted by Crippen LogP contribution is 2.29. The summed E-state index contributed by atoms with van der Waals surface area (Å²) in [5, 5.41) is 10.2. The van der Waals surface area contributed by atoms with Crippen molar-refractivity contribution in [2.24, 2.45) is 0 Å². The lowest BCUT2D eigenvalue weighted by molar-refractivity contribution is 0.214. The molecule has 0 spiro atoms. The second kappa shape index (κ2) is 5.36. The molecule has 0 aliphatic rings. The van der Waals surface area contributed by atoms with Crippen molar-refractivity contribution in [3.05, 3.63) is 64.7 Å². The summed E-state index contributed by atoms with van der Waals surface area (Å²) >= 11 is 0. The third kappa shape index (κ3) is 2.74. The lowest BCUT2D eigenvalue weighted by Crippen LogP contribution is -2.05. The average Bonchev–Trinajstić information content (AvgIpc) is 2.37. The summed E-state index contributed by atoms with van der Waals surface area (Å²) < 4.78 is 31.6. The zero-order chi connectivity index (χ0) is 14.0. The number of methoxy groups -OCH3 is 1. The second-order valence-electron chi connectivity index (χ2n) is 4.29. The summed E-state index contributed by atoms with van der Waals surface area (Å²) in [5.41, 5.74) is 1.39. The molecule has 1 N–H and O–H groups in total. The van der Waals surface area contributed by atoms with E-state index in [2.05, 4.69) is 0 Å². The SMILES string of the molecule is COc1ccc(C(O)c2ccc(F)cc2F)c(C)c1. The summed E-state index contributed by atoms with van der Waals surface area (Å²) in [4.78, 5) is 0. The predicted octanol–water partition coefficient (Wildman–Crippen LogP) is 3.36. The molecule has 100 valence electrons. The van der Waals surface area contributed by atoms with Gasteiger partial charge in [0.2, 0.25) is 0 Å². The van der Waals surface area contributed by atoms with E-state index in [0.29, 0.717) is 11.3 Å². The van der Waals surface area contributed by atoms with Gasteiger partial charge in [0, 0.05) is 11.6 Å². The fourth-order valence-electron chi connectivity index (χ4n) is 1.97. The summed E-state index contributed by atoms with van der Waals surface area (Å²) in [6.07, 6.45) is -1.13. The maximum Gasteiger partial charge on any atom is 0.132 e. The van der Waals surface area contributed by atoms with Crippen LogP contribution in [0.2, 0.25) is 0 Å². The van der Waals surface area contributed by atoms with E-state index in [-0.39, 0.29) is 5.56 Å². The van der Waals surface area contributed by atoms with Crippen LogP contribution in [0, 0.1) is 18.6 Å². The number of hydrogen-bond acceptors (Lipinski definition) is 2. The molecule has 0 radical (unpaired) electrons. The highest BCUT2D eigenvalue weighted by molar-refractivity contribution is 5.40. The van der Waals surface area contributed by atoms with Crippen LogP contribution < -0.4 is 4.74 Å². The van der Waals surface area contributed by atoms with Gasteiger partial charge >= 0.3 is 0 Å². The molecule has 1 atom stereocenters.